The number of carbonyl (C=O) groups is 1. The SMILES string of the molecule is COCCC(=O)Cc1ccc(-c2noc(C(F)(F)F)n2)cc1. The molecule has 0 aliphatic rings. The molecule has 1 heterocycles. The van der Waals surface area contributed by atoms with E-state index in [-0.39, 0.29) is 18.0 Å². The van der Waals surface area contributed by atoms with Gasteiger partial charge in [0.2, 0.25) is 5.82 Å². The minimum atomic E-state index is -4.67. The van der Waals surface area contributed by atoms with Crippen LogP contribution in [-0.2, 0) is 22.1 Å². The van der Waals surface area contributed by atoms with Crippen LogP contribution >= 0.6 is 0 Å². The Balaban J connectivity index is 2.06. The number of rotatable bonds is 6. The summed E-state index contributed by atoms with van der Waals surface area (Å²) >= 11 is 0. The van der Waals surface area contributed by atoms with Crippen LogP contribution in [0.4, 0.5) is 13.2 Å². The van der Waals surface area contributed by atoms with E-state index in [0.717, 1.165) is 5.56 Å². The third kappa shape index (κ3) is 4.14. The number of aromatic nitrogens is 2. The van der Waals surface area contributed by atoms with E-state index in [1.165, 1.54) is 7.11 Å². The maximum Gasteiger partial charge on any atom is 0.471 e. The van der Waals surface area contributed by atoms with Crippen molar-refractivity contribution in [2.24, 2.45) is 0 Å². The standard InChI is InChI=1S/C14H13F3N2O3/c1-21-7-6-11(20)8-9-2-4-10(5-3-9)12-18-13(22-19-12)14(15,16)17/h2-5H,6-8H2,1H3. The molecule has 1 aromatic carbocycles. The predicted octanol–water partition coefficient (Wildman–Crippen LogP) is 2.90. The van der Waals surface area contributed by atoms with Gasteiger partial charge in [-0.25, -0.2) is 0 Å². The average Bonchev–Trinajstić information content (AvgIpc) is 2.96. The van der Waals surface area contributed by atoms with Crippen LogP contribution in [0.2, 0.25) is 0 Å². The quantitative estimate of drug-likeness (QED) is 0.820. The smallest absolute Gasteiger partial charge is 0.384 e. The fourth-order valence-electron chi connectivity index (χ4n) is 1.76. The summed E-state index contributed by atoms with van der Waals surface area (Å²) in [5.41, 5.74) is 1.14. The molecule has 0 unspecified atom stereocenters. The van der Waals surface area contributed by atoms with Crippen molar-refractivity contribution in [2.75, 3.05) is 13.7 Å². The molecule has 2 aromatic rings. The van der Waals surface area contributed by atoms with E-state index in [1.54, 1.807) is 24.3 Å². The second kappa shape index (κ2) is 6.69. The summed E-state index contributed by atoms with van der Waals surface area (Å²) in [5.74, 6) is -1.51. The average molecular weight is 314 g/mol. The third-order valence-electron chi connectivity index (χ3n) is 2.87. The van der Waals surface area contributed by atoms with Crippen molar-refractivity contribution in [1.82, 2.24) is 10.1 Å². The van der Waals surface area contributed by atoms with E-state index in [2.05, 4.69) is 14.7 Å². The lowest BCUT2D eigenvalue weighted by Crippen LogP contribution is -2.06. The number of hydrogen-bond acceptors (Lipinski definition) is 5. The summed E-state index contributed by atoms with van der Waals surface area (Å²) in [6.07, 6.45) is -4.11. The molecule has 0 saturated carbocycles. The Morgan fingerprint density at radius 3 is 2.50 bits per heavy atom. The number of benzene rings is 1. The van der Waals surface area contributed by atoms with Crippen molar-refractivity contribution in [1.29, 1.82) is 0 Å². The molecule has 0 bridgehead atoms. The molecule has 5 nitrogen and oxygen atoms in total. The van der Waals surface area contributed by atoms with Gasteiger partial charge in [-0.1, -0.05) is 29.4 Å². The highest BCUT2D eigenvalue weighted by Gasteiger charge is 2.38. The first-order valence-electron chi connectivity index (χ1n) is 6.41. The molecule has 0 N–H and O–H groups in total. The first-order valence-corrected chi connectivity index (χ1v) is 6.41. The number of halogens is 3. The number of carbonyl (C=O) groups excluding carboxylic acids is 1. The van der Waals surface area contributed by atoms with Crippen LogP contribution in [0.5, 0.6) is 0 Å². The van der Waals surface area contributed by atoms with Gasteiger partial charge in [0, 0.05) is 25.5 Å². The summed E-state index contributed by atoms with van der Waals surface area (Å²) in [5, 5.41) is 3.29. The summed E-state index contributed by atoms with van der Waals surface area (Å²) in [4.78, 5) is 14.9. The van der Waals surface area contributed by atoms with Crippen LogP contribution in [0.25, 0.3) is 11.4 Å². The second-order valence-electron chi connectivity index (χ2n) is 4.58. The van der Waals surface area contributed by atoms with Crippen molar-refractivity contribution < 1.29 is 27.2 Å². The zero-order valence-electron chi connectivity index (χ0n) is 11.7. The van der Waals surface area contributed by atoms with Gasteiger partial charge >= 0.3 is 12.1 Å². The first-order chi connectivity index (χ1) is 10.4. The monoisotopic (exact) mass is 314 g/mol. The van der Waals surface area contributed by atoms with Gasteiger partial charge in [0.15, 0.2) is 0 Å². The van der Waals surface area contributed by atoms with Gasteiger partial charge in [0.1, 0.15) is 5.78 Å². The second-order valence-corrected chi connectivity index (χ2v) is 4.58. The van der Waals surface area contributed by atoms with E-state index in [4.69, 9.17) is 4.74 Å². The lowest BCUT2D eigenvalue weighted by Gasteiger charge is -2.02. The van der Waals surface area contributed by atoms with E-state index < -0.39 is 12.1 Å². The molecule has 118 valence electrons. The summed E-state index contributed by atoms with van der Waals surface area (Å²) in [6, 6.07) is 6.38. The molecule has 1 aromatic heterocycles. The van der Waals surface area contributed by atoms with Crippen molar-refractivity contribution in [3.05, 3.63) is 35.7 Å². The zero-order chi connectivity index (χ0) is 16.2. The van der Waals surface area contributed by atoms with Crippen molar-refractivity contribution in [3.63, 3.8) is 0 Å². The first kappa shape index (κ1) is 16.2. The van der Waals surface area contributed by atoms with Crippen LogP contribution < -0.4 is 0 Å². The van der Waals surface area contributed by atoms with Crippen LogP contribution in [0, 0.1) is 0 Å². The normalized spacial score (nSPS) is 11.6. The van der Waals surface area contributed by atoms with Gasteiger partial charge in [-0.3, -0.25) is 4.79 Å². The molecular weight excluding hydrogens is 301 g/mol. The molecule has 0 aliphatic heterocycles. The minimum Gasteiger partial charge on any atom is -0.384 e. The summed E-state index contributed by atoms with van der Waals surface area (Å²) in [6.45, 7) is 0.361. The maximum atomic E-state index is 12.4. The number of hydrogen-bond donors (Lipinski definition) is 0. The van der Waals surface area contributed by atoms with Gasteiger partial charge in [-0.05, 0) is 5.56 Å². The van der Waals surface area contributed by atoms with Crippen molar-refractivity contribution in [3.8, 4) is 11.4 Å². The van der Waals surface area contributed by atoms with Crippen LogP contribution in [0.3, 0.4) is 0 Å². The fourth-order valence-corrected chi connectivity index (χ4v) is 1.76. The fraction of sp³-hybridized carbons (Fsp3) is 0.357. The van der Waals surface area contributed by atoms with E-state index >= 15 is 0 Å². The Kier molecular flexibility index (Phi) is 4.92. The molecular formula is C14H13F3N2O3. The van der Waals surface area contributed by atoms with Gasteiger partial charge < -0.3 is 9.26 Å². The highest BCUT2D eigenvalue weighted by Crippen LogP contribution is 2.29. The number of Topliss-reactive ketones (excluding diaryl/α,β-unsaturated/α-hetero) is 1. The van der Waals surface area contributed by atoms with E-state index in [0.29, 0.717) is 18.6 Å². The van der Waals surface area contributed by atoms with Crippen LogP contribution in [-0.4, -0.2) is 29.6 Å². The Labute approximate surface area is 124 Å². The lowest BCUT2D eigenvalue weighted by atomic mass is 10.1. The number of methoxy groups -OCH3 is 1. The predicted molar refractivity (Wildman–Crippen MR) is 69.9 cm³/mol. The van der Waals surface area contributed by atoms with Gasteiger partial charge in [-0.15, -0.1) is 0 Å². The summed E-state index contributed by atoms with van der Waals surface area (Å²) < 4.78 is 46.1. The molecule has 0 radical (unpaired) electrons. The molecule has 0 fully saturated rings. The highest BCUT2D eigenvalue weighted by atomic mass is 19.4. The molecule has 22 heavy (non-hydrogen) atoms. The molecule has 0 spiro atoms. The van der Waals surface area contributed by atoms with Crippen LogP contribution in [0.15, 0.2) is 28.8 Å². The van der Waals surface area contributed by atoms with Gasteiger partial charge in [0.25, 0.3) is 0 Å². The van der Waals surface area contributed by atoms with Gasteiger partial charge in [0.05, 0.1) is 6.61 Å². The van der Waals surface area contributed by atoms with E-state index in [1.807, 2.05) is 0 Å². The number of nitrogens with zero attached hydrogens (tertiary/aromatic N) is 2. The maximum absolute atomic E-state index is 12.4. The largest absolute Gasteiger partial charge is 0.471 e. The van der Waals surface area contributed by atoms with Gasteiger partial charge in [-0.2, -0.15) is 18.2 Å². The molecule has 2 rings (SSSR count). The van der Waals surface area contributed by atoms with Crippen molar-refractivity contribution >= 4 is 5.78 Å². The molecule has 0 amide bonds. The molecule has 0 aliphatic carbocycles. The molecule has 8 heteroatoms. The third-order valence-corrected chi connectivity index (χ3v) is 2.87. The van der Waals surface area contributed by atoms with E-state index in [9.17, 15) is 18.0 Å². The van der Waals surface area contributed by atoms with Crippen LogP contribution in [0.1, 0.15) is 17.9 Å². The zero-order valence-corrected chi connectivity index (χ0v) is 11.7. The molecule has 0 atom stereocenters. The number of alkyl halides is 3. The topological polar surface area (TPSA) is 65.2 Å². The molecule has 0 saturated heterocycles. The number of ether oxygens (including phenoxy) is 1. The Bertz CT molecular complexity index is 636. The Hall–Kier alpha value is -2.22. The highest BCUT2D eigenvalue weighted by molar-refractivity contribution is 5.81. The van der Waals surface area contributed by atoms with Crippen molar-refractivity contribution in [2.45, 2.75) is 19.0 Å². The Morgan fingerprint density at radius 2 is 1.95 bits per heavy atom. The minimum absolute atomic E-state index is 0.0218. The Morgan fingerprint density at radius 1 is 1.27 bits per heavy atom. The lowest BCUT2D eigenvalue weighted by molar-refractivity contribution is -0.159. The number of ketones is 1. The summed E-state index contributed by atoms with van der Waals surface area (Å²) in [7, 11) is 1.52.